The van der Waals surface area contributed by atoms with Gasteiger partial charge in [-0.25, -0.2) is 0 Å². The minimum atomic E-state index is -0.736. The highest BCUT2D eigenvalue weighted by Crippen LogP contribution is 2.38. The maximum absolute atomic E-state index is 12.9. The second-order valence-electron chi connectivity index (χ2n) is 7.06. The van der Waals surface area contributed by atoms with Gasteiger partial charge in [0.15, 0.2) is 11.5 Å². The summed E-state index contributed by atoms with van der Waals surface area (Å²) in [6.07, 6.45) is 0. The van der Waals surface area contributed by atoms with Gasteiger partial charge >= 0.3 is 0 Å². The minimum Gasteiger partial charge on any atom is -0.493 e. The number of rotatable bonds is 8. The summed E-state index contributed by atoms with van der Waals surface area (Å²) in [4.78, 5) is 25.8. The summed E-state index contributed by atoms with van der Waals surface area (Å²) in [5, 5.41) is 5.67. The van der Waals surface area contributed by atoms with Crippen LogP contribution in [0.25, 0.3) is 0 Å². The average Bonchev–Trinajstić information content (AvgIpc) is 2.72. The first-order valence-corrected chi connectivity index (χ1v) is 10.2. The van der Waals surface area contributed by atoms with Crippen LogP contribution in [0.2, 0.25) is 0 Å². The fraction of sp³-hybridized carbons (Fsp3) is 0.364. The van der Waals surface area contributed by atoms with Crippen LogP contribution in [-0.4, -0.2) is 39.2 Å². The van der Waals surface area contributed by atoms with E-state index in [0.29, 0.717) is 28.5 Å². The van der Waals surface area contributed by atoms with E-state index in [1.54, 1.807) is 18.2 Å². The van der Waals surface area contributed by atoms with Crippen molar-refractivity contribution in [2.24, 2.45) is 5.92 Å². The number of hydrogen-bond donors (Lipinski definition) is 2. The third-order valence-electron chi connectivity index (χ3n) is 4.59. The van der Waals surface area contributed by atoms with Crippen LogP contribution in [0.5, 0.6) is 17.2 Å². The molecule has 0 radical (unpaired) electrons. The number of benzene rings is 2. The number of halogens is 1. The van der Waals surface area contributed by atoms with Gasteiger partial charge in [0.2, 0.25) is 11.7 Å². The molecule has 1 atom stereocenters. The number of hydrogen-bond acceptors (Lipinski definition) is 5. The Morgan fingerprint density at radius 3 is 2.03 bits per heavy atom. The lowest BCUT2D eigenvalue weighted by Gasteiger charge is -2.22. The fourth-order valence-corrected chi connectivity index (χ4v) is 3.16. The number of anilines is 1. The van der Waals surface area contributed by atoms with Crippen molar-refractivity contribution in [2.75, 3.05) is 26.6 Å². The molecule has 0 spiro atoms. The Labute approximate surface area is 185 Å². The molecule has 0 bridgehead atoms. The number of carbonyl (C=O) groups is 2. The van der Waals surface area contributed by atoms with Crippen LogP contribution in [0.15, 0.2) is 34.8 Å². The number of amides is 2. The summed E-state index contributed by atoms with van der Waals surface area (Å²) in [7, 11) is 4.44. The molecule has 2 N–H and O–H groups in total. The molecule has 0 saturated heterocycles. The van der Waals surface area contributed by atoms with Gasteiger partial charge in [-0.2, -0.15) is 0 Å². The lowest BCUT2D eigenvalue weighted by atomic mass is 10.0. The molecule has 0 aromatic heterocycles. The lowest BCUT2D eigenvalue weighted by Crippen LogP contribution is -2.47. The number of nitrogens with one attached hydrogen (secondary N) is 2. The molecule has 162 valence electrons. The Balaban J connectivity index is 2.24. The zero-order valence-corrected chi connectivity index (χ0v) is 19.5. The molecule has 2 rings (SSSR count). The summed E-state index contributed by atoms with van der Waals surface area (Å²) in [5.41, 5.74) is 1.95. The predicted molar refractivity (Wildman–Crippen MR) is 120 cm³/mol. The molecule has 30 heavy (non-hydrogen) atoms. The van der Waals surface area contributed by atoms with Crippen molar-refractivity contribution in [3.05, 3.63) is 45.9 Å². The highest BCUT2D eigenvalue weighted by molar-refractivity contribution is 9.10. The van der Waals surface area contributed by atoms with Gasteiger partial charge in [-0.15, -0.1) is 0 Å². The normalized spacial score (nSPS) is 11.6. The SMILES string of the molecule is COc1cc(C(=O)N[C@@H](C(=O)Nc2ccc(Br)c(C)c2)C(C)C)cc(OC)c1OC. The first kappa shape index (κ1) is 23.5. The topological polar surface area (TPSA) is 85.9 Å². The standard InChI is InChI=1S/C22H27BrN2O5/c1-12(2)19(22(27)24-15-7-8-16(23)13(3)9-15)25-21(26)14-10-17(28-4)20(30-6)18(11-14)29-5/h7-12,19H,1-6H3,(H,24,27)(H,25,26)/t19-/m1/s1. The maximum atomic E-state index is 12.9. The Hall–Kier alpha value is -2.74. The Morgan fingerprint density at radius 1 is 0.967 bits per heavy atom. The van der Waals surface area contributed by atoms with Crippen molar-refractivity contribution >= 4 is 33.4 Å². The Kier molecular flexibility index (Phi) is 8.11. The van der Waals surface area contributed by atoms with E-state index in [0.717, 1.165) is 10.0 Å². The molecule has 0 fully saturated rings. The first-order valence-electron chi connectivity index (χ1n) is 9.39. The quantitative estimate of drug-likeness (QED) is 0.594. The van der Waals surface area contributed by atoms with Crippen LogP contribution in [0, 0.1) is 12.8 Å². The average molecular weight is 479 g/mol. The molecule has 0 saturated carbocycles. The van der Waals surface area contributed by atoms with Gasteiger partial charge in [-0.3, -0.25) is 9.59 Å². The molecular weight excluding hydrogens is 452 g/mol. The molecule has 0 aliphatic carbocycles. The van der Waals surface area contributed by atoms with Crippen LogP contribution in [0.4, 0.5) is 5.69 Å². The zero-order valence-electron chi connectivity index (χ0n) is 18.0. The van der Waals surface area contributed by atoms with E-state index < -0.39 is 11.9 Å². The van der Waals surface area contributed by atoms with E-state index in [4.69, 9.17) is 14.2 Å². The van der Waals surface area contributed by atoms with Gasteiger partial charge in [0.05, 0.1) is 21.3 Å². The van der Waals surface area contributed by atoms with Gasteiger partial charge in [-0.1, -0.05) is 29.8 Å². The fourth-order valence-electron chi connectivity index (χ4n) is 2.91. The van der Waals surface area contributed by atoms with Crippen molar-refractivity contribution in [1.82, 2.24) is 5.32 Å². The number of aryl methyl sites for hydroxylation is 1. The maximum Gasteiger partial charge on any atom is 0.252 e. The summed E-state index contributed by atoms with van der Waals surface area (Å²) in [6, 6.07) is 7.88. The Bertz CT molecular complexity index is 905. The van der Waals surface area contributed by atoms with Crippen LogP contribution < -0.4 is 24.8 Å². The van der Waals surface area contributed by atoms with Crippen LogP contribution in [-0.2, 0) is 4.79 Å². The second kappa shape index (κ2) is 10.3. The van der Waals surface area contributed by atoms with Crippen molar-refractivity contribution in [3.8, 4) is 17.2 Å². The van der Waals surface area contributed by atoms with Crippen molar-refractivity contribution in [1.29, 1.82) is 0 Å². The summed E-state index contributed by atoms with van der Waals surface area (Å²) in [6.45, 7) is 5.67. The Morgan fingerprint density at radius 2 is 1.57 bits per heavy atom. The summed E-state index contributed by atoms with van der Waals surface area (Å²) >= 11 is 3.44. The lowest BCUT2D eigenvalue weighted by molar-refractivity contribution is -0.118. The van der Waals surface area contributed by atoms with Crippen molar-refractivity contribution in [2.45, 2.75) is 26.8 Å². The largest absolute Gasteiger partial charge is 0.493 e. The minimum absolute atomic E-state index is 0.132. The monoisotopic (exact) mass is 478 g/mol. The van der Waals surface area contributed by atoms with Crippen molar-refractivity contribution in [3.63, 3.8) is 0 Å². The third-order valence-corrected chi connectivity index (χ3v) is 5.48. The molecule has 2 amide bonds. The van der Waals surface area contributed by atoms with E-state index >= 15 is 0 Å². The van der Waals surface area contributed by atoms with E-state index in [9.17, 15) is 9.59 Å². The van der Waals surface area contributed by atoms with Gasteiger partial charge in [-0.05, 0) is 48.7 Å². The second-order valence-corrected chi connectivity index (χ2v) is 7.92. The van der Waals surface area contributed by atoms with E-state index in [-0.39, 0.29) is 11.8 Å². The third kappa shape index (κ3) is 5.44. The predicted octanol–water partition coefficient (Wildman–Crippen LogP) is 4.18. The molecule has 7 nitrogen and oxygen atoms in total. The molecule has 0 unspecified atom stereocenters. The number of ether oxygens (including phenoxy) is 3. The molecule has 0 aliphatic rings. The molecule has 0 aliphatic heterocycles. The van der Waals surface area contributed by atoms with Crippen LogP contribution in [0.1, 0.15) is 29.8 Å². The molecule has 8 heteroatoms. The van der Waals surface area contributed by atoms with E-state index in [2.05, 4.69) is 26.6 Å². The highest BCUT2D eigenvalue weighted by Gasteiger charge is 2.26. The smallest absolute Gasteiger partial charge is 0.252 e. The summed E-state index contributed by atoms with van der Waals surface area (Å²) in [5.74, 6) is 0.256. The molecule has 2 aromatic carbocycles. The molecule has 0 heterocycles. The highest BCUT2D eigenvalue weighted by atomic mass is 79.9. The van der Waals surface area contributed by atoms with Crippen LogP contribution in [0.3, 0.4) is 0 Å². The summed E-state index contributed by atoms with van der Waals surface area (Å²) < 4.78 is 16.8. The van der Waals surface area contributed by atoms with Crippen molar-refractivity contribution < 1.29 is 23.8 Å². The zero-order chi connectivity index (χ0) is 22.4. The molecule has 2 aromatic rings. The van der Waals surface area contributed by atoms with Crippen LogP contribution >= 0.6 is 15.9 Å². The molecular formula is C22H27BrN2O5. The number of methoxy groups -OCH3 is 3. The van der Waals surface area contributed by atoms with Gasteiger partial charge < -0.3 is 24.8 Å². The van der Waals surface area contributed by atoms with E-state index in [1.807, 2.05) is 32.9 Å². The number of carbonyl (C=O) groups excluding carboxylic acids is 2. The first-order chi connectivity index (χ1) is 14.2. The van der Waals surface area contributed by atoms with Gasteiger partial charge in [0, 0.05) is 15.7 Å². The van der Waals surface area contributed by atoms with Gasteiger partial charge in [0.1, 0.15) is 6.04 Å². The van der Waals surface area contributed by atoms with Gasteiger partial charge in [0.25, 0.3) is 5.91 Å². The van der Waals surface area contributed by atoms with E-state index in [1.165, 1.54) is 21.3 Å².